The fourth-order valence-electron chi connectivity index (χ4n) is 2.26. The van der Waals surface area contributed by atoms with Crippen LogP contribution in [0.3, 0.4) is 0 Å². The van der Waals surface area contributed by atoms with Crippen molar-refractivity contribution in [2.75, 3.05) is 6.61 Å². The number of ether oxygens (including phenoxy) is 1. The van der Waals surface area contributed by atoms with Crippen molar-refractivity contribution < 1.29 is 9.53 Å². The predicted octanol–water partition coefficient (Wildman–Crippen LogP) is 2.92. The molecule has 0 radical (unpaired) electrons. The summed E-state index contributed by atoms with van der Waals surface area (Å²) in [6, 6.07) is 11.5. The maximum Gasteiger partial charge on any atom is 0.233 e. The highest BCUT2D eigenvalue weighted by Crippen LogP contribution is 2.28. The van der Waals surface area contributed by atoms with Crippen LogP contribution in [-0.2, 0) is 11.3 Å². The van der Waals surface area contributed by atoms with E-state index in [2.05, 4.69) is 20.8 Å². The minimum absolute atomic E-state index is 0.0592. The molecule has 3 aromatic rings. The van der Waals surface area contributed by atoms with Crippen LogP contribution in [0.1, 0.15) is 18.7 Å². The summed E-state index contributed by atoms with van der Waals surface area (Å²) in [7, 11) is 0. The van der Waals surface area contributed by atoms with Crippen molar-refractivity contribution in [3.05, 3.63) is 46.7 Å². The number of benzene rings is 1. The van der Waals surface area contributed by atoms with E-state index in [0.717, 1.165) is 10.6 Å². The average Bonchev–Trinajstić information content (AvgIpc) is 3.32. The first kappa shape index (κ1) is 18.4. The molecule has 1 N–H and O–H groups in total. The van der Waals surface area contributed by atoms with Gasteiger partial charge in [-0.25, -0.2) is 0 Å². The second kappa shape index (κ2) is 8.81. The predicted molar refractivity (Wildman–Crippen MR) is 102 cm³/mol. The van der Waals surface area contributed by atoms with E-state index in [-0.39, 0.29) is 11.2 Å². The molecule has 0 saturated carbocycles. The number of thioether (sulfide) groups is 1. The Morgan fingerprint density at radius 2 is 2.19 bits per heavy atom. The van der Waals surface area contributed by atoms with Gasteiger partial charge in [-0.3, -0.25) is 4.79 Å². The smallest absolute Gasteiger partial charge is 0.233 e. The van der Waals surface area contributed by atoms with Gasteiger partial charge in [-0.2, -0.15) is 4.68 Å². The van der Waals surface area contributed by atoms with Gasteiger partial charge in [0.05, 0.1) is 18.4 Å². The third-order valence-corrected chi connectivity index (χ3v) is 5.41. The Bertz CT molecular complexity index is 850. The normalized spacial score (nSPS) is 11.9. The van der Waals surface area contributed by atoms with Crippen LogP contribution in [0.15, 0.2) is 46.9 Å². The molecule has 0 fully saturated rings. The lowest BCUT2D eigenvalue weighted by Crippen LogP contribution is -2.30. The van der Waals surface area contributed by atoms with Gasteiger partial charge in [-0.15, -0.1) is 16.4 Å². The van der Waals surface area contributed by atoms with Gasteiger partial charge in [0.15, 0.2) is 0 Å². The zero-order chi connectivity index (χ0) is 18.4. The van der Waals surface area contributed by atoms with Crippen molar-refractivity contribution in [2.45, 2.75) is 30.8 Å². The summed E-state index contributed by atoms with van der Waals surface area (Å²) >= 11 is 2.92. The highest BCUT2D eigenvalue weighted by atomic mass is 32.2. The molecule has 26 heavy (non-hydrogen) atoms. The summed E-state index contributed by atoms with van der Waals surface area (Å²) in [6.45, 7) is 4.83. The van der Waals surface area contributed by atoms with Crippen LogP contribution in [0.2, 0.25) is 0 Å². The number of nitrogens with one attached hydrogen (secondary N) is 1. The fraction of sp³-hybridized carbons (Fsp3) is 0.294. The van der Waals surface area contributed by atoms with Gasteiger partial charge < -0.3 is 10.1 Å². The van der Waals surface area contributed by atoms with Crippen LogP contribution in [0.25, 0.3) is 5.69 Å². The summed E-state index contributed by atoms with van der Waals surface area (Å²) in [5, 5.41) is 17.0. The molecule has 136 valence electrons. The molecule has 9 heteroatoms. The number of nitrogens with zero attached hydrogens (tertiary/aromatic N) is 4. The van der Waals surface area contributed by atoms with E-state index >= 15 is 0 Å². The topological polar surface area (TPSA) is 81.9 Å². The van der Waals surface area contributed by atoms with Crippen molar-refractivity contribution in [3.63, 3.8) is 0 Å². The number of tetrazole rings is 1. The summed E-state index contributed by atoms with van der Waals surface area (Å²) in [5.41, 5.74) is 0.744. The Morgan fingerprint density at radius 3 is 2.96 bits per heavy atom. The number of aromatic nitrogens is 4. The van der Waals surface area contributed by atoms with Gasteiger partial charge in [-0.05, 0) is 47.9 Å². The Kier molecular flexibility index (Phi) is 6.24. The molecule has 1 aromatic carbocycles. The molecule has 2 aromatic heterocycles. The van der Waals surface area contributed by atoms with Crippen LogP contribution in [0, 0.1) is 0 Å². The van der Waals surface area contributed by atoms with Crippen molar-refractivity contribution in [1.29, 1.82) is 0 Å². The van der Waals surface area contributed by atoms with Gasteiger partial charge in [-0.1, -0.05) is 30.0 Å². The molecule has 0 aliphatic heterocycles. The van der Waals surface area contributed by atoms with E-state index in [4.69, 9.17) is 4.74 Å². The van der Waals surface area contributed by atoms with Crippen LogP contribution in [0.5, 0.6) is 5.75 Å². The number of amides is 1. The Hall–Kier alpha value is -2.39. The molecule has 0 spiro atoms. The number of thiophene rings is 1. The molecule has 0 bridgehead atoms. The summed E-state index contributed by atoms with van der Waals surface area (Å²) in [4.78, 5) is 13.5. The highest BCUT2D eigenvalue weighted by molar-refractivity contribution is 8.00. The molecule has 1 atom stereocenters. The van der Waals surface area contributed by atoms with Crippen LogP contribution < -0.4 is 10.1 Å². The lowest BCUT2D eigenvalue weighted by molar-refractivity contribution is -0.120. The first-order chi connectivity index (χ1) is 12.7. The standard InChI is InChI=1S/C17H19N5O2S2/c1-3-24-15-9-5-4-8-14(15)22-17(19-20-21-22)26-12(2)16(23)18-11-13-7-6-10-25-13/h4-10,12H,3,11H2,1-2H3,(H,18,23)/t12-/m1/s1. The van der Waals surface area contributed by atoms with Gasteiger partial charge in [0, 0.05) is 4.88 Å². The maximum absolute atomic E-state index is 12.4. The largest absolute Gasteiger partial charge is 0.492 e. The van der Waals surface area contributed by atoms with Crippen molar-refractivity contribution in [1.82, 2.24) is 25.5 Å². The minimum atomic E-state index is -0.334. The van der Waals surface area contributed by atoms with Crippen LogP contribution in [-0.4, -0.2) is 38.0 Å². The van der Waals surface area contributed by atoms with Crippen LogP contribution in [0.4, 0.5) is 0 Å². The van der Waals surface area contributed by atoms with Crippen molar-refractivity contribution in [3.8, 4) is 11.4 Å². The third kappa shape index (κ3) is 4.41. The summed E-state index contributed by atoms with van der Waals surface area (Å²) in [6.07, 6.45) is 0. The zero-order valence-corrected chi connectivity index (χ0v) is 16.1. The molecule has 0 aliphatic carbocycles. The molecule has 1 amide bonds. The van der Waals surface area contributed by atoms with Crippen molar-refractivity contribution >= 4 is 29.0 Å². The zero-order valence-electron chi connectivity index (χ0n) is 14.5. The lowest BCUT2D eigenvalue weighted by Gasteiger charge is -2.13. The summed E-state index contributed by atoms with van der Waals surface area (Å²) < 4.78 is 7.24. The Morgan fingerprint density at radius 1 is 1.35 bits per heavy atom. The van der Waals surface area contributed by atoms with Gasteiger partial charge in [0.25, 0.3) is 0 Å². The number of para-hydroxylation sites is 2. The van der Waals surface area contributed by atoms with E-state index in [0.29, 0.717) is 24.1 Å². The van der Waals surface area contributed by atoms with E-state index in [9.17, 15) is 4.79 Å². The maximum atomic E-state index is 12.4. The van der Waals surface area contributed by atoms with Gasteiger partial charge in [0.2, 0.25) is 11.1 Å². The van der Waals surface area contributed by atoms with Gasteiger partial charge in [0.1, 0.15) is 11.4 Å². The molecule has 0 saturated heterocycles. The molecular weight excluding hydrogens is 370 g/mol. The highest BCUT2D eigenvalue weighted by Gasteiger charge is 2.20. The SMILES string of the molecule is CCOc1ccccc1-n1nnnc1S[C@H](C)C(=O)NCc1cccs1. The second-order valence-electron chi connectivity index (χ2n) is 5.33. The lowest BCUT2D eigenvalue weighted by atomic mass is 10.3. The molecule has 7 nitrogen and oxygen atoms in total. The molecule has 3 rings (SSSR count). The second-order valence-corrected chi connectivity index (χ2v) is 7.67. The molecule has 0 aliphatic rings. The summed E-state index contributed by atoms with van der Waals surface area (Å²) in [5.74, 6) is 0.634. The van der Waals surface area contributed by atoms with Gasteiger partial charge >= 0.3 is 0 Å². The first-order valence-electron chi connectivity index (χ1n) is 8.16. The molecule has 2 heterocycles. The van der Waals surface area contributed by atoms with E-state index in [1.54, 1.807) is 16.0 Å². The van der Waals surface area contributed by atoms with E-state index in [1.165, 1.54) is 11.8 Å². The molecular formula is C17H19N5O2S2. The number of carbonyl (C=O) groups is 1. The monoisotopic (exact) mass is 389 g/mol. The first-order valence-corrected chi connectivity index (χ1v) is 9.92. The fourth-order valence-corrected chi connectivity index (χ4v) is 3.73. The number of hydrogen-bond acceptors (Lipinski definition) is 7. The average molecular weight is 390 g/mol. The minimum Gasteiger partial charge on any atom is -0.492 e. The third-order valence-electron chi connectivity index (χ3n) is 3.50. The number of hydrogen-bond donors (Lipinski definition) is 1. The number of rotatable bonds is 8. The Balaban J connectivity index is 1.69. The molecule has 0 unspecified atom stereocenters. The van der Waals surface area contributed by atoms with E-state index < -0.39 is 0 Å². The Labute approximate surface area is 159 Å². The quantitative estimate of drug-likeness (QED) is 0.597. The number of carbonyl (C=O) groups excluding carboxylic acids is 1. The van der Waals surface area contributed by atoms with E-state index in [1.807, 2.05) is 55.6 Å². The van der Waals surface area contributed by atoms with Crippen LogP contribution >= 0.6 is 23.1 Å². The van der Waals surface area contributed by atoms with Crippen molar-refractivity contribution in [2.24, 2.45) is 0 Å².